The quantitative estimate of drug-likeness (QED) is 0.593. The molecule has 88 valence electrons. The van der Waals surface area contributed by atoms with Gasteiger partial charge in [0.05, 0.1) is 0 Å². The maximum absolute atomic E-state index is 5.65. The van der Waals surface area contributed by atoms with E-state index in [1.54, 1.807) is 11.8 Å². The van der Waals surface area contributed by atoms with Crippen LogP contribution in [0.5, 0.6) is 0 Å². The van der Waals surface area contributed by atoms with E-state index in [-0.39, 0.29) is 0 Å². The number of hydrogen-bond donors (Lipinski definition) is 0. The van der Waals surface area contributed by atoms with Crippen molar-refractivity contribution in [2.24, 2.45) is 5.92 Å². The molecule has 3 nitrogen and oxygen atoms in total. The molecule has 0 radical (unpaired) electrons. The molecule has 0 aliphatic heterocycles. The normalized spacial score (nSPS) is 25.6. The second-order valence-corrected chi connectivity index (χ2v) is 5.43. The summed E-state index contributed by atoms with van der Waals surface area (Å²) in [6, 6.07) is 0. The molecule has 1 aliphatic rings. The van der Waals surface area contributed by atoms with Crippen molar-refractivity contribution in [1.82, 2.24) is 10.2 Å². The second kappa shape index (κ2) is 5.53. The Morgan fingerprint density at radius 3 is 2.81 bits per heavy atom. The van der Waals surface area contributed by atoms with Crippen molar-refractivity contribution in [3.63, 3.8) is 0 Å². The molecule has 0 atom stereocenters. The van der Waals surface area contributed by atoms with E-state index in [2.05, 4.69) is 23.7 Å². The third-order valence-corrected chi connectivity index (χ3v) is 3.93. The average molecular weight is 238 g/mol. The molecule has 1 heterocycles. The minimum Gasteiger partial charge on any atom is -0.416 e. The van der Waals surface area contributed by atoms with Gasteiger partial charge in [0.25, 0.3) is 5.22 Å². The SMILES string of the molecule is C=CCSc1nnc(C2CCC(C)CC2)o1. The number of thioether (sulfide) groups is 1. The standard InChI is InChI=1S/C12H18N2OS/c1-3-8-16-12-14-13-11(15-12)10-6-4-9(2)5-7-10/h3,9-10H,1,4-8H2,2H3. The summed E-state index contributed by atoms with van der Waals surface area (Å²) in [6.07, 6.45) is 6.78. The minimum atomic E-state index is 0.488. The fraction of sp³-hybridized carbons (Fsp3) is 0.667. The highest BCUT2D eigenvalue weighted by atomic mass is 32.2. The lowest BCUT2D eigenvalue weighted by Crippen LogP contribution is -2.10. The van der Waals surface area contributed by atoms with Crippen molar-refractivity contribution < 1.29 is 4.42 Å². The molecule has 0 saturated heterocycles. The van der Waals surface area contributed by atoms with Gasteiger partial charge in [-0.25, -0.2) is 0 Å². The van der Waals surface area contributed by atoms with Gasteiger partial charge in [0, 0.05) is 11.7 Å². The zero-order chi connectivity index (χ0) is 11.4. The summed E-state index contributed by atoms with van der Waals surface area (Å²) in [5.41, 5.74) is 0. The predicted molar refractivity (Wildman–Crippen MR) is 65.6 cm³/mol. The fourth-order valence-corrected chi connectivity index (χ4v) is 2.58. The highest BCUT2D eigenvalue weighted by molar-refractivity contribution is 7.99. The highest BCUT2D eigenvalue weighted by Gasteiger charge is 2.24. The van der Waals surface area contributed by atoms with E-state index in [9.17, 15) is 0 Å². The van der Waals surface area contributed by atoms with E-state index >= 15 is 0 Å². The first-order chi connectivity index (χ1) is 7.79. The van der Waals surface area contributed by atoms with Gasteiger partial charge in [0.1, 0.15) is 0 Å². The van der Waals surface area contributed by atoms with Crippen LogP contribution in [0.25, 0.3) is 0 Å². The lowest BCUT2D eigenvalue weighted by atomic mass is 9.83. The van der Waals surface area contributed by atoms with Crippen molar-refractivity contribution in [2.45, 2.75) is 43.7 Å². The van der Waals surface area contributed by atoms with Crippen LogP contribution in [0.1, 0.15) is 44.4 Å². The van der Waals surface area contributed by atoms with Crippen LogP contribution in [0.4, 0.5) is 0 Å². The van der Waals surface area contributed by atoms with E-state index in [1.807, 2.05) is 6.08 Å². The van der Waals surface area contributed by atoms with Gasteiger partial charge in [-0.1, -0.05) is 24.8 Å². The van der Waals surface area contributed by atoms with E-state index in [1.165, 1.54) is 25.7 Å². The van der Waals surface area contributed by atoms with Crippen LogP contribution in [-0.4, -0.2) is 16.0 Å². The van der Waals surface area contributed by atoms with Gasteiger partial charge in [-0.05, 0) is 31.6 Å². The van der Waals surface area contributed by atoms with Gasteiger partial charge < -0.3 is 4.42 Å². The van der Waals surface area contributed by atoms with Gasteiger partial charge >= 0.3 is 0 Å². The second-order valence-electron chi connectivity index (χ2n) is 4.46. The monoisotopic (exact) mass is 238 g/mol. The molecule has 0 N–H and O–H groups in total. The van der Waals surface area contributed by atoms with Crippen LogP contribution in [0.3, 0.4) is 0 Å². The van der Waals surface area contributed by atoms with Crippen LogP contribution >= 0.6 is 11.8 Å². The molecule has 0 unspecified atom stereocenters. The summed E-state index contributed by atoms with van der Waals surface area (Å²) in [5.74, 6) is 3.00. The Hall–Kier alpha value is -0.770. The molecule has 1 fully saturated rings. The summed E-state index contributed by atoms with van der Waals surface area (Å²) in [7, 11) is 0. The Bertz CT molecular complexity index is 343. The molecule has 0 aromatic carbocycles. The van der Waals surface area contributed by atoms with Gasteiger partial charge in [-0.2, -0.15) is 0 Å². The molecule has 4 heteroatoms. The highest BCUT2D eigenvalue weighted by Crippen LogP contribution is 2.35. The molecule has 2 rings (SSSR count). The number of aromatic nitrogens is 2. The van der Waals surface area contributed by atoms with Crippen LogP contribution in [0, 0.1) is 5.92 Å². The van der Waals surface area contributed by atoms with E-state index in [0.29, 0.717) is 11.1 Å². The summed E-state index contributed by atoms with van der Waals surface area (Å²) >= 11 is 1.55. The third-order valence-electron chi connectivity index (χ3n) is 3.11. The van der Waals surface area contributed by atoms with Crippen molar-refractivity contribution >= 4 is 11.8 Å². The average Bonchev–Trinajstić information content (AvgIpc) is 2.76. The molecule has 0 spiro atoms. The van der Waals surface area contributed by atoms with Gasteiger partial charge in [-0.3, -0.25) is 0 Å². The molecular formula is C12H18N2OS. The van der Waals surface area contributed by atoms with Crippen molar-refractivity contribution in [2.75, 3.05) is 5.75 Å². The zero-order valence-corrected chi connectivity index (χ0v) is 10.5. The van der Waals surface area contributed by atoms with Crippen molar-refractivity contribution in [1.29, 1.82) is 0 Å². The summed E-state index contributed by atoms with van der Waals surface area (Å²) in [4.78, 5) is 0. The summed E-state index contributed by atoms with van der Waals surface area (Å²) < 4.78 is 5.65. The van der Waals surface area contributed by atoms with Crippen molar-refractivity contribution in [3.8, 4) is 0 Å². The molecule has 0 bridgehead atoms. The maximum atomic E-state index is 5.65. The predicted octanol–water partition coefficient (Wildman–Crippen LogP) is 3.64. The van der Waals surface area contributed by atoms with Crippen molar-refractivity contribution in [3.05, 3.63) is 18.5 Å². The summed E-state index contributed by atoms with van der Waals surface area (Å²) in [5, 5.41) is 8.87. The Morgan fingerprint density at radius 2 is 2.12 bits per heavy atom. The lowest BCUT2D eigenvalue weighted by molar-refractivity contribution is 0.293. The lowest BCUT2D eigenvalue weighted by Gasteiger charge is -2.23. The van der Waals surface area contributed by atoms with Gasteiger partial charge in [0.2, 0.25) is 5.89 Å². The largest absolute Gasteiger partial charge is 0.416 e. The van der Waals surface area contributed by atoms with E-state index < -0.39 is 0 Å². The van der Waals surface area contributed by atoms with E-state index in [0.717, 1.165) is 17.6 Å². The van der Waals surface area contributed by atoms with Crippen LogP contribution in [0.2, 0.25) is 0 Å². The third kappa shape index (κ3) is 2.88. The molecule has 16 heavy (non-hydrogen) atoms. The Balaban J connectivity index is 1.93. The van der Waals surface area contributed by atoms with Gasteiger partial charge in [0.15, 0.2) is 0 Å². The maximum Gasteiger partial charge on any atom is 0.276 e. The number of nitrogens with zero attached hydrogens (tertiary/aromatic N) is 2. The van der Waals surface area contributed by atoms with Crippen LogP contribution < -0.4 is 0 Å². The minimum absolute atomic E-state index is 0.488. The smallest absolute Gasteiger partial charge is 0.276 e. The Morgan fingerprint density at radius 1 is 1.38 bits per heavy atom. The molecule has 1 saturated carbocycles. The molecular weight excluding hydrogens is 220 g/mol. The zero-order valence-electron chi connectivity index (χ0n) is 9.69. The van der Waals surface area contributed by atoms with Crippen LogP contribution in [-0.2, 0) is 0 Å². The number of rotatable bonds is 4. The van der Waals surface area contributed by atoms with Crippen LogP contribution in [0.15, 0.2) is 22.3 Å². The first kappa shape index (κ1) is 11.7. The fourth-order valence-electron chi connectivity index (χ4n) is 2.08. The molecule has 1 aromatic rings. The summed E-state index contributed by atoms with van der Waals surface area (Å²) in [6.45, 7) is 5.98. The molecule has 0 amide bonds. The first-order valence-electron chi connectivity index (χ1n) is 5.86. The number of hydrogen-bond acceptors (Lipinski definition) is 4. The topological polar surface area (TPSA) is 38.9 Å². The van der Waals surface area contributed by atoms with E-state index in [4.69, 9.17) is 4.42 Å². The first-order valence-corrected chi connectivity index (χ1v) is 6.85. The Kier molecular flexibility index (Phi) is 4.04. The Labute approximate surface area is 101 Å². The molecule has 1 aromatic heterocycles. The molecule has 1 aliphatic carbocycles. The van der Waals surface area contributed by atoms with Gasteiger partial charge in [-0.15, -0.1) is 16.8 Å².